The molecule has 0 unspecified atom stereocenters. The van der Waals surface area contributed by atoms with E-state index in [1.165, 1.54) is 18.3 Å². The molecule has 3 heterocycles. The Labute approximate surface area is 171 Å². The summed E-state index contributed by atoms with van der Waals surface area (Å²) in [7, 11) is 0. The number of anilines is 2. The second-order valence-corrected chi connectivity index (χ2v) is 7.88. The highest BCUT2D eigenvalue weighted by molar-refractivity contribution is 5.70. The van der Waals surface area contributed by atoms with Crippen LogP contribution in [0.1, 0.15) is 37.7 Å². The molecule has 1 aromatic heterocycles. The minimum atomic E-state index is -0.337. The Morgan fingerprint density at radius 1 is 1.03 bits per heavy atom. The number of hydrogen-bond donors (Lipinski definition) is 1. The van der Waals surface area contributed by atoms with E-state index < -0.39 is 0 Å². The molecule has 0 atom stereocenters. The first-order valence-corrected chi connectivity index (χ1v) is 10.5. The molecule has 2 aliphatic rings. The van der Waals surface area contributed by atoms with E-state index in [9.17, 15) is 10.1 Å². The molecule has 1 N–H and O–H groups in total. The highest BCUT2D eigenvalue weighted by atomic mass is 16.6. The molecule has 0 amide bonds. The van der Waals surface area contributed by atoms with Crippen molar-refractivity contribution in [3.63, 3.8) is 0 Å². The van der Waals surface area contributed by atoms with Gasteiger partial charge in [-0.3, -0.25) is 15.0 Å². The number of hydrogen-bond acceptors (Lipinski definition) is 7. The largest absolute Gasteiger partial charge is 0.361 e. The lowest BCUT2D eigenvalue weighted by Crippen LogP contribution is -2.39. The molecule has 2 fully saturated rings. The van der Waals surface area contributed by atoms with Crippen LogP contribution in [0.4, 0.5) is 17.3 Å². The van der Waals surface area contributed by atoms with Gasteiger partial charge in [0.15, 0.2) is 0 Å². The molecule has 2 aliphatic heterocycles. The molecule has 4 rings (SSSR count). The first-order valence-electron chi connectivity index (χ1n) is 10.5. The normalized spacial score (nSPS) is 18.6. The summed E-state index contributed by atoms with van der Waals surface area (Å²) in [4.78, 5) is 24.4. The number of aromatic nitrogens is 2. The van der Waals surface area contributed by atoms with Crippen LogP contribution in [0.3, 0.4) is 0 Å². The van der Waals surface area contributed by atoms with Gasteiger partial charge in [0.05, 0.1) is 4.92 Å². The smallest absolute Gasteiger partial charge is 0.353 e. The fourth-order valence-electron chi connectivity index (χ4n) is 4.25. The van der Waals surface area contributed by atoms with E-state index >= 15 is 0 Å². The van der Waals surface area contributed by atoms with Crippen LogP contribution >= 0.6 is 0 Å². The van der Waals surface area contributed by atoms with Crippen LogP contribution in [-0.2, 0) is 6.54 Å². The molecule has 0 saturated carbocycles. The number of piperidine rings is 2. The molecule has 1 aromatic carbocycles. The van der Waals surface area contributed by atoms with Crippen LogP contribution in [0.2, 0.25) is 0 Å². The molecular formula is C21H28N6O2. The maximum absolute atomic E-state index is 11.8. The predicted molar refractivity (Wildman–Crippen MR) is 113 cm³/mol. The van der Waals surface area contributed by atoms with Crippen LogP contribution in [0.25, 0.3) is 0 Å². The summed E-state index contributed by atoms with van der Waals surface area (Å²) in [6.45, 7) is 4.50. The van der Waals surface area contributed by atoms with Crippen LogP contribution in [-0.4, -0.2) is 52.0 Å². The van der Waals surface area contributed by atoms with Crippen molar-refractivity contribution in [1.82, 2.24) is 14.9 Å². The van der Waals surface area contributed by atoms with Crippen LogP contribution in [0, 0.1) is 10.1 Å². The Morgan fingerprint density at radius 3 is 2.45 bits per heavy atom. The first-order chi connectivity index (χ1) is 14.2. The third-order valence-electron chi connectivity index (χ3n) is 5.82. The summed E-state index contributed by atoms with van der Waals surface area (Å²) in [6, 6.07) is 10.7. The van der Waals surface area contributed by atoms with Crippen molar-refractivity contribution >= 4 is 17.3 Å². The van der Waals surface area contributed by atoms with Gasteiger partial charge in [-0.2, -0.15) is 0 Å². The maximum atomic E-state index is 11.8. The first kappa shape index (κ1) is 19.6. The molecule has 2 aromatic rings. The Bertz CT molecular complexity index is 817. The number of benzene rings is 1. The lowest BCUT2D eigenvalue weighted by molar-refractivity contribution is -0.383. The van der Waals surface area contributed by atoms with E-state index in [2.05, 4.69) is 44.5 Å². The van der Waals surface area contributed by atoms with Gasteiger partial charge in [0, 0.05) is 38.8 Å². The van der Waals surface area contributed by atoms with Crippen LogP contribution in [0.15, 0.2) is 36.7 Å². The number of rotatable bonds is 6. The van der Waals surface area contributed by atoms with Gasteiger partial charge in [0.25, 0.3) is 0 Å². The van der Waals surface area contributed by atoms with Gasteiger partial charge in [0.1, 0.15) is 6.33 Å². The van der Waals surface area contributed by atoms with Crippen molar-refractivity contribution in [2.45, 2.75) is 44.7 Å². The van der Waals surface area contributed by atoms with Crippen molar-refractivity contribution in [1.29, 1.82) is 0 Å². The van der Waals surface area contributed by atoms with E-state index in [0.29, 0.717) is 11.6 Å². The van der Waals surface area contributed by atoms with Gasteiger partial charge in [0.2, 0.25) is 11.6 Å². The third-order valence-corrected chi connectivity index (χ3v) is 5.82. The molecule has 0 bridgehead atoms. The summed E-state index contributed by atoms with van der Waals surface area (Å²) < 4.78 is 0. The molecule has 8 nitrogen and oxygen atoms in total. The summed E-state index contributed by atoms with van der Waals surface area (Å²) in [5.41, 5.74) is 1.33. The molecule has 0 radical (unpaired) electrons. The van der Waals surface area contributed by atoms with Crippen molar-refractivity contribution in [2.24, 2.45) is 0 Å². The highest BCUT2D eigenvalue weighted by Crippen LogP contribution is 2.34. The van der Waals surface area contributed by atoms with Crippen LogP contribution in [0.5, 0.6) is 0 Å². The predicted octanol–water partition coefficient (Wildman–Crippen LogP) is 3.45. The van der Waals surface area contributed by atoms with Gasteiger partial charge < -0.3 is 10.2 Å². The average Bonchev–Trinajstić information content (AvgIpc) is 2.76. The van der Waals surface area contributed by atoms with E-state index in [1.807, 2.05) is 11.0 Å². The van der Waals surface area contributed by atoms with Crippen molar-refractivity contribution in [3.05, 3.63) is 52.3 Å². The fourth-order valence-corrected chi connectivity index (χ4v) is 4.25. The Kier molecular flexibility index (Phi) is 6.19. The minimum absolute atomic E-state index is 0.0149. The highest BCUT2D eigenvalue weighted by Gasteiger charge is 2.30. The monoisotopic (exact) mass is 396 g/mol. The van der Waals surface area contributed by atoms with Gasteiger partial charge in [-0.15, -0.1) is 0 Å². The number of likely N-dealkylation sites (tertiary alicyclic amines) is 1. The zero-order valence-corrected chi connectivity index (χ0v) is 16.7. The topological polar surface area (TPSA) is 87.4 Å². The van der Waals surface area contributed by atoms with E-state index in [0.717, 1.165) is 58.4 Å². The van der Waals surface area contributed by atoms with Gasteiger partial charge in [-0.05, 0) is 37.7 Å². The summed E-state index contributed by atoms with van der Waals surface area (Å²) in [5.74, 6) is 0.806. The van der Waals surface area contributed by atoms with Gasteiger partial charge in [-0.25, -0.2) is 9.97 Å². The number of nitro groups is 1. The number of nitrogens with zero attached hydrogens (tertiary/aromatic N) is 5. The van der Waals surface area contributed by atoms with Gasteiger partial charge >= 0.3 is 5.69 Å². The molecule has 8 heteroatoms. The SMILES string of the molecule is O=[N+]([O-])c1c(NC2CCN(Cc3ccccc3)CC2)ncnc1N1CCCCC1. The minimum Gasteiger partial charge on any atom is -0.361 e. The molecule has 2 saturated heterocycles. The fraction of sp³-hybridized carbons (Fsp3) is 0.524. The molecule has 154 valence electrons. The Morgan fingerprint density at radius 2 is 1.76 bits per heavy atom. The summed E-state index contributed by atoms with van der Waals surface area (Å²) in [6.07, 6.45) is 6.58. The molecule has 0 aliphatic carbocycles. The number of nitrogens with one attached hydrogen (secondary N) is 1. The third kappa shape index (κ3) is 4.82. The Hall–Kier alpha value is -2.74. The second kappa shape index (κ2) is 9.17. The lowest BCUT2D eigenvalue weighted by Gasteiger charge is -2.33. The van der Waals surface area contributed by atoms with Crippen molar-refractivity contribution < 1.29 is 4.92 Å². The standard InChI is InChI=1S/C21H28N6O2/c28-27(29)19-20(22-16-23-21(19)26-11-5-2-6-12-26)24-18-9-13-25(14-10-18)15-17-7-3-1-4-8-17/h1,3-4,7-8,16,18H,2,5-6,9-15H2,(H,22,23,24). The lowest BCUT2D eigenvalue weighted by atomic mass is 10.0. The molecule has 29 heavy (non-hydrogen) atoms. The molecule has 0 spiro atoms. The average molecular weight is 396 g/mol. The molecular weight excluding hydrogens is 368 g/mol. The van der Waals surface area contributed by atoms with E-state index in [1.54, 1.807) is 0 Å². The summed E-state index contributed by atoms with van der Waals surface area (Å²) in [5, 5.41) is 15.2. The Balaban J connectivity index is 1.41. The van der Waals surface area contributed by atoms with E-state index in [-0.39, 0.29) is 16.7 Å². The van der Waals surface area contributed by atoms with Gasteiger partial charge in [-0.1, -0.05) is 30.3 Å². The quantitative estimate of drug-likeness (QED) is 0.591. The maximum Gasteiger partial charge on any atom is 0.353 e. The van der Waals surface area contributed by atoms with Crippen LogP contribution < -0.4 is 10.2 Å². The van der Waals surface area contributed by atoms with E-state index in [4.69, 9.17) is 0 Å². The summed E-state index contributed by atoms with van der Waals surface area (Å²) >= 11 is 0. The second-order valence-electron chi connectivity index (χ2n) is 7.88. The zero-order valence-electron chi connectivity index (χ0n) is 16.7. The zero-order chi connectivity index (χ0) is 20.1. The van der Waals surface area contributed by atoms with Crippen molar-refractivity contribution in [2.75, 3.05) is 36.4 Å². The van der Waals surface area contributed by atoms with Crippen molar-refractivity contribution in [3.8, 4) is 0 Å².